The average molecular weight is 180 g/mol. The third kappa shape index (κ3) is 2.14. The Morgan fingerprint density at radius 2 is 1.77 bits per heavy atom. The summed E-state index contributed by atoms with van der Waals surface area (Å²) < 4.78 is 6.05. The van der Waals surface area contributed by atoms with Crippen LogP contribution in [0.1, 0.15) is 44.9 Å². The number of rotatable bonds is 1. The van der Waals surface area contributed by atoms with E-state index in [1.807, 2.05) is 6.08 Å². The lowest BCUT2D eigenvalue weighted by Gasteiger charge is -2.30. The molecule has 1 aliphatic carbocycles. The summed E-state index contributed by atoms with van der Waals surface area (Å²) in [5.74, 6) is 0.860. The van der Waals surface area contributed by atoms with Gasteiger partial charge in [-0.05, 0) is 31.6 Å². The van der Waals surface area contributed by atoms with Crippen LogP contribution in [-0.2, 0) is 4.74 Å². The molecule has 0 spiro atoms. The van der Waals surface area contributed by atoms with Crippen LogP contribution in [0.25, 0.3) is 0 Å². The van der Waals surface area contributed by atoms with Crippen LogP contribution >= 0.6 is 0 Å². The minimum atomic E-state index is 0.341. The van der Waals surface area contributed by atoms with Gasteiger partial charge >= 0.3 is 0 Å². The summed E-state index contributed by atoms with van der Waals surface area (Å²) in [6, 6.07) is 0. The first kappa shape index (κ1) is 9.26. The molecule has 2 aliphatic rings. The summed E-state index contributed by atoms with van der Waals surface area (Å²) >= 11 is 0. The van der Waals surface area contributed by atoms with Crippen molar-refractivity contribution >= 4 is 0 Å². The molecule has 13 heavy (non-hydrogen) atoms. The molecule has 0 radical (unpaired) electrons. The summed E-state index contributed by atoms with van der Waals surface area (Å²) in [6.07, 6.45) is 12.3. The molecule has 0 aromatic rings. The number of hydrogen-bond acceptors (Lipinski definition) is 1. The first-order valence-electron chi connectivity index (χ1n) is 5.68. The Morgan fingerprint density at radius 1 is 1.00 bits per heavy atom. The van der Waals surface area contributed by atoms with E-state index < -0.39 is 0 Å². The minimum Gasteiger partial charge on any atom is -0.371 e. The van der Waals surface area contributed by atoms with Gasteiger partial charge in [-0.3, -0.25) is 0 Å². The summed E-state index contributed by atoms with van der Waals surface area (Å²) in [7, 11) is 0. The molecule has 0 unspecified atom stereocenters. The van der Waals surface area contributed by atoms with Crippen LogP contribution in [0.3, 0.4) is 0 Å². The average Bonchev–Trinajstić information content (AvgIpc) is 2.38. The number of fused-ring (bicyclic) bond motifs is 1. The van der Waals surface area contributed by atoms with Crippen molar-refractivity contribution in [1.29, 1.82) is 0 Å². The number of ether oxygens (including phenoxy) is 1. The van der Waals surface area contributed by atoms with Gasteiger partial charge in [0.05, 0.1) is 12.2 Å². The summed E-state index contributed by atoms with van der Waals surface area (Å²) in [5, 5.41) is 0. The highest BCUT2D eigenvalue weighted by molar-refractivity contribution is 4.87. The van der Waals surface area contributed by atoms with E-state index in [2.05, 4.69) is 6.58 Å². The minimum absolute atomic E-state index is 0.341. The van der Waals surface area contributed by atoms with E-state index >= 15 is 0 Å². The first-order chi connectivity index (χ1) is 6.40. The van der Waals surface area contributed by atoms with E-state index in [9.17, 15) is 0 Å². The van der Waals surface area contributed by atoms with Crippen molar-refractivity contribution in [3.63, 3.8) is 0 Å². The fourth-order valence-electron chi connectivity index (χ4n) is 2.73. The fraction of sp³-hybridized carbons (Fsp3) is 0.833. The van der Waals surface area contributed by atoms with Gasteiger partial charge in [-0.1, -0.05) is 25.3 Å². The van der Waals surface area contributed by atoms with E-state index in [4.69, 9.17) is 4.74 Å². The zero-order valence-electron chi connectivity index (χ0n) is 8.37. The zero-order chi connectivity index (χ0) is 9.10. The van der Waals surface area contributed by atoms with E-state index in [1.54, 1.807) is 0 Å². The molecule has 2 fully saturated rings. The molecule has 1 heteroatoms. The van der Waals surface area contributed by atoms with Gasteiger partial charge in [0.25, 0.3) is 0 Å². The highest BCUT2D eigenvalue weighted by Crippen LogP contribution is 2.34. The van der Waals surface area contributed by atoms with Crippen molar-refractivity contribution in [2.24, 2.45) is 5.92 Å². The van der Waals surface area contributed by atoms with Crippen LogP contribution in [0.5, 0.6) is 0 Å². The highest BCUT2D eigenvalue weighted by Gasteiger charge is 2.29. The van der Waals surface area contributed by atoms with Gasteiger partial charge in [-0.25, -0.2) is 0 Å². The largest absolute Gasteiger partial charge is 0.371 e. The standard InChI is InChI=1S/C12H20O/c1-2-11-8-5-7-10-6-3-4-9-12(10)13-11/h2,10-12H,1,3-9H2/t10-,11-,12+/m0/s1. The second kappa shape index (κ2) is 4.28. The molecule has 0 N–H and O–H groups in total. The Hall–Kier alpha value is -0.300. The van der Waals surface area contributed by atoms with E-state index in [1.165, 1.54) is 44.9 Å². The van der Waals surface area contributed by atoms with Crippen molar-refractivity contribution < 1.29 is 4.74 Å². The molecule has 3 atom stereocenters. The maximum atomic E-state index is 6.05. The van der Waals surface area contributed by atoms with Crippen LogP contribution < -0.4 is 0 Å². The van der Waals surface area contributed by atoms with Crippen LogP contribution in [0.15, 0.2) is 12.7 Å². The molecule has 0 aromatic carbocycles. The second-order valence-corrected chi connectivity index (χ2v) is 4.42. The van der Waals surface area contributed by atoms with Gasteiger partial charge in [0.1, 0.15) is 0 Å². The quantitative estimate of drug-likeness (QED) is 0.563. The summed E-state index contributed by atoms with van der Waals surface area (Å²) in [5.41, 5.74) is 0. The monoisotopic (exact) mass is 180 g/mol. The lowest BCUT2D eigenvalue weighted by Crippen LogP contribution is -2.28. The molecule has 1 heterocycles. The molecule has 1 saturated heterocycles. The van der Waals surface area contributed by atoms with Gasteiger partial charge in [-0.2, -0.15) is 0 Å². The van der Waals surface area contributed by atoms with Crippen LogP contribution in [-0.4, -0.2) is 12.2 Å². The third-order valence-electron chi connectivity index (χ3n) is 3.52. The molecule has 1 aliphatic heterocycles. The molecular formula is C12H20O. The molecule has 2 rings (SSSR count). The predicted octanol–water partition coefficient (Wildman–Crippen LogP) is 3.30. The molecule has 1 saturated carbocycles. The van der Waals surface area contributed by atoms with Gasteiger partial charge < -0.3 is 4.74 Å². The van der Waals surface area contributed by atoms with Crippen molar-refractivity contribution in [3.05, 3.63) is 12.7 Å². The van der Waals surface area contributed by atoms with Gasteiger partial charge in [0.15, 0.2) is 0 Å². The van der Waals surface area contributed by atoms with Crippen LogP contribution in [0.2, 0.25) is 0 Å². The SMILES string of the molecule is C=C[C@H]1CCC[C@@H]2CCCC[C@H]2O1. The van der Waals surface area contributed by atoms with Crippen LogP contribution in [0, 0.1) is 5.92 Å². The Kier molecular flexibility index (Phi) is 3.05. The topological polar surface area (TPSA) is 9.23 Å². The predicted molar refractivity (Wildman–Crippen MR) is 54.7 cm³/mol. The zero-order valence-corrected chi connectivity index (χ0v) is 8.37. The Bertz CT molecular complexity index is 176. The van der Waals surface area contributed by atoms with Gasteiger partial charge in [-0.15, -0.1) is 6.58 Å². The van der Waals surface area contributed by atoms with E-state index in [0.29, 0.717) is 12.2 Å². The van der Waals surface area contributed by atoms with Crippen molar-refractivity contribution in [2.75, 3.05) is 0 Å². The Morgan fingerprint density at radius 3 is 2.62 bits per heavy atom. The molecule has 0 bridgehead atoms. The maximum absolute atomic E-state index is 6.05. The lowest BCUT2D eigenvalue weighted by molar-refractivity contribution is -0.0287. The second-order valence-electron chi connectivity index (χ2n) is 4.42. The van der Waals surface area contributed by atoms with Gasteiger partial charge in [0, 0.05) is 0 Å². The molecular weight excluding hydrogens is 160 g/mol. The van der Waals surface area contributed by atoms with Gasteiger partial charge in [0.2, 0.25) is 0 Å². The van der Waals surface area contributed by atoms with Crippen LogP contribution in [0.4, 0.5) is 0 Å². The molecule has 1 nitrogen and oxygen atoms in total. The molecule has 74 valence electrons. The summed E-state index contributed by atoms with van der Waals surface area (Å²) in [4.78, 5) is 0. The lowest BCUT2D eigenvalue weighted by atomic mass is 9.84. The van der Waals surface area contributed by atoms with Crippen molar-refractivity contribution in [1.82, 2.24) is 0 Å². The van der Waals surface area contributed by atoms with E-state index in [-0.39, 0.29) is 0 Å². The smallest absolute Gasteiger partial charge is 0.0757 e. The Labute approximate surface area is 81.2 Å². The highest BCUT2D eigenvalue weighted by atomic mass is 16.5. The normalized spacial score (nSPS) is 40.5. The summed E-state index contributed by atoms with van der Waals surface area (Å²) in [6.45, 7) is 3.84. The van der Waals surface area contributed by atoms with Crippen molar-refractivity contribution in [2.45, 2.75) is 57.2 Å². The molecule has 0 aromatic heterocycles. The third-order valence-corrected chi connectivity index (χ3v) is 3.52. The first-order valence-corrected chi connectivity index (χ1v) is 5.68. The maximum Gasteiger partial charge on any atom is 0.0757 e. The number of hydrogen-bond donors (Lipinski definition) is 0. The molecule has 0 amide bonds. The van der Waals surface area contributed by atoms with E-state index in [0.717, 1.165) is 5.92 Å². The Balaban J connectivity index is 1.98. The van der Waals surface area contributed by atoms with Crippen molar-refractivity contribution in [3.8, 4) is 0 Å². The fourth-order valence-corrected chi connectivity index (χ4v) is 2.73.